The Balaban J connectivity index is 2.85. The Hall–Kier alpha value is -1.62. The van der Waals surface area contributed by atoms with Crippen LogP contribution in [0.4, 0.5) is 0 Å². The van der Waals surface area contributed by atoms with E-state index in [0.29, 0.717) is 12.2 Å². The summed E-state index contributed by atoms with van der Waals surface area (Å²) in [5, 5.41) is 12.0. The fourth-order valence-corrected chi connectivity index (χ4v) is 1.86. The third-order valence-electron chi connectivity index (χ3n) is 2.91. The lowest BCUT2D eigenvalue weighted by Gasteiger charge is -2.22. The van der Waals surface area contributed by atoms with Crippen LogP contribution in [0.3, 0.4) is 0 Å². The molecule has 1 heterocycles. The predicted octanol–water partition coefficient (Wildman–Crippen LogP) is 2.01. The van der Waals surface area contributed by atoms with E-state index in [2.05, 4.69) is 10.3 Å². The maximum absolute atomic E-state index is 12.3. The van der Waals surface area contributed by atoms with Crippen LogP contribution in [0.25, 0.3) is 0 Å². The summed E-state index contributed by atoms with van der Waals surface area (Å²) in [6.07, 6.45) is 2.07. The lowest BCUT2D eigenvalue weighted by Crippen LogP contribution is -2.39. The number of nitrogens with one attached hydrogen (secondary N) is 1. The van der Waals surface area contributed by atoms with E-state index in [9.17, 15) is 4.79 Å². The zero-order chi connectivity index (χ0) is 15.1. The molecule has 0 bridgehead atoms. The highest BCUT2D eigenvalue weighted by molar-refractivity contribution is 5.95. The second kappa shape index (κ2) is 7.85. The number of rotatable bonds is 7. The van der Waals surface area contributed by atoms with Crippen LogP contribution in [0.1, 0.15) is 44.6 Å². The van der Waals surface area contributed by atoms with Crippen molar-refractivity contribution in [1.29, 1.82) is 0 Å². The van der Waals surface area contributed by atoms with Crippen molar-refractivity contribution in [3.63, 3.8) is 0 Å². The Kier molecular flexibility index (Phi) is 6.45. The molecule has 0 saturated carbocycles. The van der Waals surface area contributed by atoms with E-state index in [-0.39, 0.29) is 36.3 Å². The average molecular weight is 280 g/mol. The van der Waals surface area contributed by atoms with Gasteiger partial charge in [0.25, 0.3) is 5.91 Å². The molecule has 0 fully saturated rings. The van der Waals surface area contributed by atoms with Crippen molar-refractivity contribution >= 4 is 5.91 Å². The molecule has 1 atom stereocenters. The van der Waals surface area contributed by atoms with Crippen molar-refractivity contribution in [2.24, 2.45) is 5.92 Å². The van der Waals surface area contributed by atoms with Gasteiger partial charge in [0.1, 0.15) is 0 Å². The number of ether oxygens (including phenoxy) is 1. The van der Waals surface area contributed by atoms with Crippen molar-refractivity contribution in [3.8, 4) is 5.75 Å². The van der Waals surface area contributed by atoms with Crippen LogP contribution >= 0.6 is 0 Å². The molecule has 20 heavy (non-hydrogen) atoms. The molecule has 1 amide bonds. The van der Waals surface area contributed by atoms with E-state index in [1.807, 2.05) is 27.7 Å². The Morgan fingerprint density at radius 3 is 2.65 bits per heavy atom. The van der Waals surface area contributed by atoms with Gasteiger partial charge in [-0.25, -0.2) is 4.98 Å². The Morgan fingerprint density at radius 1 is 1.40 bits per heavy atom. The quantitative estimate of drug-likeness (QED) is 0.801. The van der Waals surface area contributed by atoms with E-state index in [1.54, 1.807) is 18.3 Å². The van der Waals surface area contributed by atoms with E-state index >= 15 is 0 Å². The summed E-state index contributed by atoms with van der Waals surface area (Å²) in [5.41, 5.74) is 0.282. The summed E-state index contributed by atoms with van der Waals surface area (Å²) in [6.45, 7) is 7.85. The van der Waals surface area contributed by atoms with Gasteiger partial charge < -0.3 is 15.2 Å². The number of hydrogen-bond donors (Lipinski definition) is 2. The normalized spacial score (nSPS) is 12.6. The Morgan fingerprint density at radius 2 is 2.10 bits per heavy atom. The zero-order valence-corrected chi connectivity index (χ0v) is 12.6. The van der Waals surface area contributed by atoms with Gasteiger partial charge in [-0.2, -0.15) is 0 Å². The molecule has 0 spiro atoms. The first-order valence-corrected chi connectivity index (χ1v) is 6.99. The number of pyridine rings is 1. The number of nitrogens with zero attached hydrogens (tertiary/aromatic N) is 1. The minimum Gasteiger partial charge on any atom is -0.489 e. The summed E-state index contributed by atoms with van der Waals surface area (Å²) in [7, 11) is 0. The molecule has 0 aliphatic rings. The van der Waals surface area contributed by atoms with E-state index in [0.717, 1.165) is 0 Å². The van der Waals surface area contributed by atoms with Crippen LogP contribution in [0.2, 0.25) is 0 Å². The third kappa shape index (κ3) is 4.81. The number of carbonyl (C=O) groups excluding carboxylic acids is 1. The zero-order valence-electron chi connectivity index (χ0n) is 12.6. The maximum atomic E-state index is 12.3. The number of carbonyl (C=O) groups is 1. The summed E-state index contributed by atoms with van der Waals surface area (Å²) >= 11 is 0. The highest BCUT2D eigenvalue weighted by atomic mass is 16.5. The third-order valence-corrected chi connectivity index (χ3v) is 2.91. The van der Waals surface area contributed by atoms with Gasteiger partial charge in [0.05, 0.1) is 6.10 Å². The molecule has 1 aromatic rings. The smallest absolute Gasteiger partial charge is 0.273 e. The molecule has 5 heteroatoms. The number of aliphatic hydroxyl groups is 1. The van der Waals surface area contributed by atoms with Crippen molar-refractivity contribution in [2.75, 3.05) is 6.61 Å². The summed E-state index contributed by atoms with van der Waals surface area (Å²) in [5.74, 6) is 0.448. The van der Waals surface area contributed by atoms with Crippen molar-refractivity contribution in [2.45, 2.75) is 46.3 Å². The lowest BCUT2D eigenvalue weighted by molar-refractivity contribution is 0.0905. The molecule has 2 N–H and O–H groups in total. The molecule has 0 aliphatic heterocycles. The minimum absolute atomic E-state index is 0.0240. The highest BCUT2D eigenvalue weighted by Gasteiger charge is 2.20. The first kappa shape index (κ1) is 16.4. The van der Waals surface area contributed by atoms with Crippen LogP contribution in [0.5, 0.6) is 5.75 Å². The maximum Gasteiger partial charge on any atom is 0.273 e. The highest BCUT2D eigenvalue weighted by Crippen LogP contribution is 2.17. The molecule has 0 aliphatic carbocycles. The summed E-state index contributed by atoms with van der Waals surface area (Å²) in [4.78, 5) is 16.4. The fraction of sp³-hybridized carbons (Fsp3) is 0.600. The van der Waals surface area contributed by atoms with Crippen molar-refractivity contribution in [1.82, 2.24) is 10.3 Å². The predicted molar refractivity (Wildman–Crippen MR) is 77.8 cm³/mol. The first-order chi connectivity index (χ1) is 9.45. The van der Waals surface area contributed by atoms with Gasteiger partial charge in [-0.05, 0) is 38.3 Å². The van der Waals surface area contributed by atoms with Gasteiger partial charge in [0, 0.05) is 18.8 Å². The fourth-order valence-electron chi connectivity index (χ4n) is 1.86. The van der Waals surface area contributed by atoms with Gasteiger partial charge in [0.2, 0.25) is 0 Å². The molecule has 112 valence electrons. The lowest BCUT2D eigenvalue weighted by atomic mass is 10.0. The second-order valence-electron chi connectivity index (χ2n) is 5.35. The minimum atomic E-state index is -0.270. The molecular weight excluding hydrogens is 256 g/mol. The summed E-state index contributed by atoms with van der Waals surface area (Å²) < 4.78 is 5.60. The molecular formula is C15H24N2O3. The molecule has 0 saturated heterocycles. The van der Waals surface area contributed by atoms with Gasteiger partial charge in [-0.15, -0.1) is 0 Å². The number of hydrogen-bond acceptors (Lipinski definition) is 4. The van der Waals surface area contributed by atoms with Crippen LogP contribution in [0.15, 0.2) is 18.3 Å². The Labute approximate surface area is 120 Å². The monoisotopic (exact) mass is 280 g/mol. The van der Waals surface area contributed by atoms with Crippen molar-refractivity contribution < 1.29 is 14.6 Å². The standard InChI is InChI=1S/C15H24N2O3/c1-10(2)12(7-9-18)17-15(19)14-13(20-11(3)4)6-5-8-16-14/h5-6,8,10-12,18H,7,9H2,1-4H3,(H,17,19). The molecule has 1 aromatic heterocycles. The van der Waals surface area contributed by atoms with Crippen LogP contribution in [0, 0.1) is 5.92 Å². The van der Waals surface area contributed by atoms with E-state index < -0.39 is 0 Å². The first-order valence-electron chi connectivity index (χ1n) is 6.99. The van der Waals surface area contributed by atoms with Gasteiger partial charge in [-0.1, -0.05) is 13.8 Å². The summed E-state index contributed by atoms with van der Waals surface area (Å²) in [6, 6.07) is 3.39. The molecule has 0 radical (unpaired) electrons. The van der Waals surface area contributed by atoms with Gasteiger partial charge in [0.15, 0.2) is 11.4 Å². The SMILES string of the molecule is CC(C)Oc1cccnc1C(=O)NC(CCO)C(C)C. The molecule has 1 rings (SSSR count). The average Bonchev–Trinajstić information content (AvgIpc) is 2.37. The van der Waals surface area contributed by atoms with Gasteiger partial charge >= 0.3 is 0 Å². The topological polar surface area (TPSA) is 71.5 Å². The molecule has 0 aromatic carbocycles. The van der Waals surface area contributed by atoms with E-state index in [1.165, 1.54) is 0 Å². The number of aliphatic hydroxyl groups excluding tert-OH is 1. The second-order valence-corrected chi connectivity index (χ2v) is 5.35. The van der Waals surface area contributed by atoms with Crippen LogP contribution < -0.4 is 10.1 Å². The van der Waals surface area contributed by atoms with Gasteiger partial charge in [-0.3, -0.25) is 4.79 Å². The Bertz CT molecular complexity index is 433. The van der Waals surface area contributed by atoms with E-state index in [4.69, 9.17) is 9.84 Å². The molecule has 5 nitrogen and oxygen atoms in total. The van der Waals surface area contributed by atoms with Crippen LogP contribution in [-0.4, -0.2) is 34.8 Å². The largest absolute Gasteiger partial charge is 0.489 e. The van der Waals surface area contributed by atoms with Crippen molar-refractivity contribution in [3.05, 3.63) is 24.0 Å². The number of amides is 1. The number of aromatic nitrogens is 1. The van der Waals surface area contributed by atoms with Crippen LogP contribution in [-0.2, 0) is 0 Å². The molecule has 1 unspecified atom stereocenters.